The van der Waals surface area contributed by atoms with Gasteiger partial charge in [0, 0.05) is 17.6 Å². The standard InChI is InChI=1S/C20H23N3O2S/c1-13-10-16(4-6-18(13)15-8-9-23(3)12-15)26(24,25)17-5-7-20-19(11-17)14(2)21-22-20/h4-7,10-11,15H,8-9,12H2,1-3H3,(H,21,22). The van der Waals surface area contributed by atoms with E-state index in [4.69, 9.17) is 0 Å². The fourth-order valence-corrected chi connectivity index (χ4v) is 5.25. The lowest BCUT2D eigenvalue weighted by molar-refractivity contribution is 0.411. The van der Waals surface area contributed by atoms with Crippen LogP contribution in [0.3, 0.4) is 0 Å². The van der Waals surface area contributed by atoms with E-state index in [0.717, 1.165) is 41.7 Å². The molecule has 1 N–H and O–H groups in total. The molecule has 0 aliphatic carbocycles. The van der Waals surface area contributed by atoms with Crippen LogP contribution in [0.4, 0.5) is 0 Å². The number of hydrogen-bond donors (Lipinski definition) is 1. The van der Waals surface area contributed by atoms with Crippen molar-refractivity contribution in [2.75, 3.05) is 20.1 Å². The quantitative estimate of drug-likeness (QED) is 0.768. The largest absolute Gasteiger partial charge is 0.306 e. The fourth-order valence-electron chi connectivity index (χ4n) is 3.88. The third-order valence-electron chi connectivity index (χ3n) is 5.41. The average Bonchev–Trinajstić information content (AvgIpc) is 3.20. The monoisotopic (exact) mass is 369 g/mol. The summed E-state index contributed by atoms with van der Waals surface area (Å²) >= 11 is 0. The van der Waals surface area contributed by atoms with Gasteiger partial charge in [-0.3, -0.25) is 5.10 Å². The molecule has 3 aromatic rings. The Morgan fingerprint density at radius 3 is 2.54 bits per heavy atom. The molecule has 1 aliphatic heterocycles. The minimum Gasteiger partial charge on any atom is -0.306 e. The Hall–Kier alpha value is -2.18. The fraction of sp³-hybridized carbons (Fsp3) is 0.350. The zero-order chi connectivity index (χ0) is 18.5. The van der Waals surface area contributed by atoms with Crippen molar-refractivity contribution in [3.05, 3.63) is 53.2 Å². The number of aromatic nitrogens is 2. The molecule has 1 saturated heterocycles. The molecule has 0 bridgehead atoms. The summed E-state index contributed by atoms with van der Waals surface area (Å²) in [6, 6.07) is 10.7. The average molecular weight is 369 g/mol. The summed E-state index contributed by atoms with van der Waals surface area (Å²) in [5, 5.41) is 7.91. The summed E-state index contributed by atoms with van der Waals surface area (Å²) in [5.41, 5.74) is 3.95. The van der Waals surface area contributed by atoms with Crippen LogP contribution < -0.4 is 0 Å². The van der Waals surface area contributed by atoms with Gasteiger partial charge in [-0.05, 0) is 81.2 Å². The first kappa shape index (κ1) is 17.2. The van der Waals surface area contributed by atoms with E-state index < -0.39 is 9.84 Å². The van der Waals surface area contributed by atoms with E-state index in [-0.39, 0.29) is 0 Å². The summed E-state index contributed by atoms with van der Waals surface area (Å²) in [5.74, 6) is 0.488. The third kappa shape index (κ3) is 2.83. The number of H-pyrrole nitrogens is 1. The number of likely N-dealkylation sites (tertiary alicyclic amines) is 1. The molecule has 0 amide bonds. The first-order valence-electron chi connectivity index (χ1n) is 8.85. The van der Waals surface area contributed by atoms with Crippen molar-refractivity contribution in [1.82, 2.24) is 15.1 Å². The number of aryl methyl sites for hydroxylation is 2. The zero-order valence-electron chi connectivity index (χ0n) is 15.3. The first-order valence-corrected chi connectivity index (χ1v) is 10.3. The van der Waals surface area contributed by atoms with Crippen molar-refractivity contribution in [3.8, 4) is 0 Å². The van der Waals surface area contributed by atoms with Crippen LogP contribution in [-0.2, 0) is 9.84 Å². The Bertz CT molecular complexity index is 1090. The predicted octanol–water partition coefficient (Wildman–Crippen LogP) is 3.43. The second kappa shape index (κ2) is 6.21. The van der Waals surface area contributed by atoms with Gasteiger partial charge in [-0.15, -0.1) is 0 Å². The van der Waals surface area contributed by atoms with Gasteiger partial charge >= 0.3 is 0 Å². The smallest absolute Gasteiger partial charge is 0.206 e. The van der Waals surface area contributed by atoms with Crippen molar-refractivity contribution in [1.29, 1.82) is 0 Å². The molecule has 5 nitrogen and oxygen atoms in total. The molecule has 1 fully saturated rings. The van der Waals surface area contributed by atoms with Crippen LogP contribution in [-0.4, -0.2) is 43.7 Å². The minimum atomic E-state index is -3.55. The van der Waals surface area contributed by atoms with Crippen LogP contribution >= 0.6 is 0 Å². The maximum atomic E-state index is 13.1. The highest BCUT2D eigenvalue weighted by atomic mass is 32.2. The van der Waals surface area contributed by atoms with E-state index in [2.05, 4.69) is 22.1 Å². The number of aromatic amines is 1. The van der Waals surface area contributed by atoms with E-state index >= 15 is 0 Å². The number of benzene rings is 2. The molecule has 1 aliphatic rings. The van der Waals surface area contributed by atoms with Gasteiger partial charge in [0.25, 0.3) is 0 Å². The van der Waals surface area contributed by atoms with Gasteiger partial charge < -0.3 is 4.90 Å². The molecule has 1 aromatic heterocycles. The van der Waals surface area contributed by atoms with Gasteiger partial charge in [-0.25, -0.2) is 8.42 Å². The van der Waals surface area contributed by atoms with Crippen molar-refractivity contribution < 1.29 is 8.42 Å². The lowest BCUT2D eigenvalue weighted by atomic mass is 9.94. The van der Waals surface area contributed by atoms with Gasteiger partial charge in [0.1, 0.15) is 0 Å². The summed E-state index contributed by atoms with van der Waals surface area (Å²) in [6.45, 7) is 6.02. The number of hydrogen-bond acceptors (Lipinski definition) is 4. The molecule has 4 rings (SSSR count). The molecule has 26 heavy (non-hydrogen) atoms. The van der Waals surface area contributed by atoms with Gasteiger partial charge in [0.2, 0.25) is 9.84 Å². The molecule has 1 unspecified atom stereocenters. The topological polar surface area (TPSA) is 66.1 Å². The van der Waals surface area contributed by atoms with Crippen molar-refractivity contribution >= 4 is 20.7 Å². The number of nitrogens with zero attached hydrogens (tertiary/aromatic N) is 2. The minimum absolute atomic E-state index is 0.308. The Morgan fingerprint density at radius 2 is 1.85 bits per heavy atom. The SMILES string of the molecule is Cc1cc(S(=O)(=O)c2ccc3n[nH]c(C)c3c2)ccc1C1CCN(C)C1. The number of nitrogens with one attached hydrogen (secondary N) is 1. The van der Waals surface area contributed by atoms with E-state index in [1.54, 1.807) is 24.3 Å². The van der Waals surface area contributed by atoms with Crippen LogP contribution in [0.5, 0.6) is 0 Å². The van der Waals surface area contributed by atoms with Gasteiger partial charge in [-0.2, -0.15) is 5.10 Å². The maximum absolute atomic E-state index is 13.1. The Morgan fingerprint density at radius 1 is 1.12 bits per heavy atom. The summed E-state index contributed by atoms with van der Waals surface area (Å²) in [4.78, 5) is 2.98. The molecule has 2 aromatic carbocycles. The van der Waals surface area contributed by atoms with E-state index in [1.807, 2.05) is 26.0 Å². The van der Waals surface area contributed by atoms with Crippen LogP contribution in [0.1, 0.15) is 29.2 Å². The second-order valence-electron chi connectivity index (χ2n) is 7.30. The predicted molar refractivity (Wildman–Crippen MR) is 102 cm³/mol. The molecule has 0 radical (unpaired) electrons. The van der Waals surface area contributed by atoms with Gasteiger partial charge in [-0.1, -0.05) is 6.07 Å². The number of likely N-dealkylation sites (N-methyl/N-ethyl adjacent to an activating group) is 1. The Labute approximate surface area is 154 Å². The normalized spacial score (nSPS) is 18.7. The van der Waals surface area contributed by atoms with Crippen LogP contribution in [0.25, 0.3) is 10.9 Å². The lowest BCUT2D eigenvalue weighted by Crippen LogP contribution is -2.13. The Kier molecular flexibility index (Phi) is 4.12. The lowest BCUT2D eigenvalue weighted by Gasteiger charge is -2.15. The highest BCUT2D eigenvalue weighted by molar-refractivity contribution is 7.91. The Balaban J connectivity index is 1.73. The molecule has 0 spiro atoms. The summed E-state index contributed by atoms with van der Waals surface area (Å²) < 4.78 is 26.2. The van der Waals surface area contributed by atoms with Gasteiger partial charge in [0.15, 0.2) is 0 Å². The second-order valence-corrected chi connectivity index (χ2v) is 9.25. The van der Waals surface area contributed by atoms with Crippen molar-refractivity contribution in [2.24, 2.45) is 0 Å². The van der Waals surface area contributed by atoms with E-state index in [1.165, 1.54) is 5.56 Å². The van der Waals surface area contributed by atoms with Crippen molar-refractivity contribution in [2.45, 2.75) is 36.0 Å². The number of sulfone groups is 1. The van der Waals surface area contributed by atoms with Crippen molar-refractivity contribution in [3.63, 3.8) is 0 Å². The highest BCUT2D eigenvalue weighted by Crippen LogP contribution is 2.32. The first-order chi connectivity index (χ1) is 12.4. The molecule has 136 valence electrons. The molecule has 1 atom stereocenters. The summed E-state index contributed by atoms with van der Waals surface area (Å²) in [7, 11) is -1.42. The van der Waals surface area contributed by atoms with Crippen LogP contribution in [0.15, 0.2) is 46.2 Å². The van der Waals surface area contributed by atoms with E-state index in [0.29, 0.717) is 15.7 Å². The van der Waals surface area contributed by atoms with Crippen LogP contribution in [0, 0.1) is 13.8 Å². The number of fused-ring (bicyclic) bond motifs is 1. The maximum Gasteiger partial charge on any atom is 0.206 e. The highest BCUT2D eigenvalue weighted by Gasteiger charge is 2.24. The summed E-state index contributed by atoms with van der Waals surface area (Å²) in [6.07, 6.45) is 1.12. The van der Waals surface area contributed by atoms with E-state index in [9.17, 15) is 8.42 Å². The molecule has 2 heterocycles. The zero-order valence-corrected chi connectivity index (χ0v) is 16.1. The number of rotatable bonds is 3. The van der Waals surface area contributed by atoms with Gasteiger partial charge in [0.05, 0.1) is 15.3 Å². The molecular formula is C20H23N3O2S. The molecular weight excluding hydrogens is 346 g/mol. The molecule has 0 saturated carbocycles. The van der Waals surface area contributed by atoms with Crippen LogP contribution in [0.2, 0.25) is 0 Å². The molecule has 6 heteroatoms. The third-order valence-corrected chi connectivity index (χ3v) is 7.16.